The van der Waals surface area contributed by atoms with E-state index in [1.54, 1.807) is 0 Å². The van der Waals surface area contributed by atoms with Gasteiger partial charge in [-0.3, -0.25) is 0 Å². The Hall–Kier alpha value is -0.120. The highest BCUT2D eigenvalue weighted by Gasteiger charge is 2.48. The van der Waals surface area contributed by atoms with Crippen LogP contribution in [0, 0.1) is 5.92 Å². The summed E-state index contributed by atoms with van der Waals surface area (Å²) in [6, 6.07) is 0.474. The van der Waals surface area contributed by atoms with Gasteiger partial charge in [-0.2, -0.15) is 0 Å². The Bertz CT molecular complexity index is 215. The standard InChI is InChI=1S/C11H21NO2/c1-7(2)5-8-10-9(6-12-8)13-11(3,4)14-10/h7-10,12H,5-6H2,1-4H3. The van der Waals surface area contributed by atoms with Crippen molar-refractivity contribution in [3.63, 3.8) is 0 Å². The quantitative estimate of drug-likeness (QED) is 0.731. The summed E-state index contributed by atoms with van der Waals surface area (Å²) in [6.07, 6.45) is 1.68. The molecule has 82 valence electrons. The molecular weight excluding hydrogens is 178 g/mol. The first-order valence-corrected chi connectivity index (χ1v) is 5.57. The van der Waals surface area contributed by atoms with Crippen LogP contribution < -0.4 is 5.32 Å². The molecule has 3 nitrogen and oxygen atoms in total. The van der Waals surface area contributed by atoms with E-state index in [1.807, 2.05) is 13.8 Å². The van der Waals surface area contributed by atoms with Gasteiger partial charge in [-0.25, -0.2) is 0 Å². The molecule has 0 aromatic heterocycles. The van der Waals surface area contributed by atoms with Gasteiger partial charge in [-0.05, 0) is 26.2 Å². The third-order valence-corrected chi connectivity index (χ3v) is 2.92. The van der Waals surface area contributed by atoms with Gasteiger partial charge in [-0.1, -0.05) is 13.8 Å². The zero-order valence-electron chi connectivity index (χ0n) is 9.54. The predicted molar refractivity (Wildman–Crippen MR) is 55.1 cm³/mol. The molecule has 3 unspecified atom stereocenters. The van der Waals surface area contributed by atoms with Gasteiger partial charge in [0.2, 0.25) is 0 Å². The van der Waals surface area contributed by atoms with E-state index in [0.29, 0.717) is 12.0 Å². The topological polar surface area (TPSA) is 30.5 Å². The maximum atomic E-state index is 5.90. The molecule has 0 amide bonds. The van der Waals surface area contributed by atoms with E-state index >= 15 is 0 Å². The molecule has 0 saturated carbocycles. The van der Waals surface area contributed by atoms with Crippen LogP contribution in [0.2, 0.25) is 0 Å². The number of fused-ring (bicyclic) bond motifs is 1. The number of ether oxygens (including phenoxy) is 2. The van der Waals surface area contributed by atoms with Crippen LogP contribution in [0.1, 0.15) is 34.1 Å². The van der Waals surface area contributed by atoms with E-state index in [9.17, 15) is 0 Å². The summed E-state index contributed by atoms with van der Waals surface area (Å²) in [5.41, 5.74) is 0. The SMILES string of the molecule is CC(C)CC1NCC2OC(C)(C)OC12. The maximum Gasteiger partial charge on any atom is 0.163 e. The number of rotatable bonds is 2. The smallest absolute Gasteiger partial charge is 0.163 e. The van der Waals surface area contributed by atoms with Crippen molar-refractivity contribution < 1.29 is 9.47 Å². The molecule has 0 spiro atoms. The Labute approximate surface area is 86.2 Å². The Morgan fingerprint density at radius 3 is 2.71 bits per heavy atom. The molecule has 3 heteroatoms. The molecule has 2 heterocycles. The Morgan fingerprint density at radius 2 is 2.07 bits per heavy atom. The third kappa shape index (κ3) is 1.95. The lowest BCUT2D eigenvalue weighted by Crippen LogP contribution is -2.36. The van der Waals surface area contributed by atoms with Gasteiger partial charge in [0.25, 0.3) is 0 Å². The van der Waals surface area contributed by atoms with Crippen molar-refractivity contribution in [2.24, 2.45) is 5.92 Å². The second-order valence-electron chi connectivity index (χ2n) is 5.28. The predicted octanol–water partition coefficient (Wildman–Crippen LogP) is 1.52. The lowest BCUT2D eigenvalue weighted by Gasteiger charge is -2.23. The summed E-state index contributed by atoms with van der Waals surface area (Å²) in [5.74, 6) is 0.325. The molecule has 0 radical (unpaired) electrons. The molecule has 14 heavy (non-hydrogen) atoms. The molecule has 0 aromatic rings. The van der Waals surface area contributed by atoms with Crippen molar-refractivity contribution in [2.45, 2.75) is 58.2 Å². The molecule has 2 aliphatic heterocycles. The first-order chi connectivity index (χ1) is 6.48. The second kappa shape index (κ2) is 3.47. The van der Waals surface area contributed by atoms with Crippen molar-refractivity contribution in [3.05, 3.63) is 0 Å². The first-order valence-electron chi connectivity index (χ1n) is 5.57. The monoisotopic (exact) mass is 199 g/mol. The van der Waals surface area contributed by atoms with Gasteiger partial charge < -0.3 is 14.8 Å². The lowest BCUT2D eigenvalue weighted by atomic mass is 10.00. The van der Waals surface area contributed by atoms with Crippen molar-refractivity contribution >= 4 is 0 Å². The molecule has 0 bridgehead atoms. The van der Waals surface area contributed by atoms with Crippen molar-refractivity contribution in [2.75, 3.05) is 6.54 Å². The molecule has 0 aromatic carbocycles. The van der Waals surface area contributed by atoms with Gasteiger partial charge in [0.1, 0.15) is 12.2 Å². The lowest BCUT2D eigenvalue weighted by molar-refractivity contribution is -0.153. The minimum absolute atomic E-state index is 0.257. The zero-order valence-corrected chi connectivity index (χ0v) is 9.54. The van der Waals surface area contributed by atoms with Crippen LogP contribution in [0.25, 0.3) is 0 Å². The average molecular weight is 199 g/mol. The third-order valence-electron chi connectivity index (χ3n) is 2.92. The molecule has 0 aliphatic carbocycles. The molecule has 2 saturated heterocycles. The van der Waals surface area contributed by atoms with Crippen molar-refractivity contribution in [3.8, 4) is 0 Å². The fourth-order valence-corrected chi connectivity index (χ4v) is 2.47. The summed E-state index contributed by atoms with van der Waals surface area (Å²) < 4.78 is 11.7. The van der Waals surface area contributed by atoms with E-state index < -0.39 is 0 Å². The van der Waals surface area contributed by atoms with E-state index in [2.05, 4.69) is 19.2 Å². The second-order valence-corrected chi connectivity index (χ2v) is 5.28. The van der Waals surface area contributed by atoms with Gasteiger partial charge in [0.15, 0.2) is 5.79 Å². The minimum Gasteiger partial charge on any atom is -0.343 e. The van der Waals surface area contributed by atoms with Crippen LogP contribution in [-0.4, -0.2) is 30.6 Å². The highest BCUT2D eigenvalue weighted by molar-refractivity contribution is 4.97. The number of hydrogen-bond acceptors (Lipinski definition) is 3. The highest BCUT2D eigenvalue weighted by Crippen LogP contribution is 2.34. The molecular formula is C11H21NO2. The van der Waals surface area contributed by atoms with Crippen LogP contribution in [0.3, 0.4) is 0 Å². The van der Waals surface area contributed by atoms with Crippen molar-refractivity contribution in [1.82, 2.24) is 5.32 Å². The Kier molecular flexibility index (Phi) is 2.58. The fourth-order valence-electron chi connectivity index (χ4n) is 2.47. The molecule has 2 rings (SSSR count). The van der Waals surface area contributed by atoms with E-state index in [4.69, 9.17) is 9.47 Å². The molecule has 2 aliphatic rings. The van der Waals surface area contributed by atoms with Gasteiger partial charge in [-0.15, -0.1) is 0 Å². The van der Waals surface area contributed by atoms with Gasteiger partial charge in [0, 0.05) is 12.6 Å². The van der Waals surface area contributed by atoms with E-state index in [-0.39, 0.29) is 18.0 Å². The average Bonchev–Trinajstić information content (AvgIpc) is 2.47. The summed E-state index contributed by atoms with van der Waals surface area (Å²) in [7, 11) is 0. The zero-order chi connectivity index (χ0) is 10.3. The highest BCUT2D eigenvalue weighted by atomic mass is 16.8. The van der Waals surface area contributed by atoms with Crippen LogP contribution >= 0.6 is 0 Å². The van der Waals surface area contributed by atoms with Crippen LogP contribution in [-0.2, 0) is 9.47 Å². The van der Waals surface area contributed by atoms with Crippen LogP contribution in [0.15, 0.2) is 0 Å². The molecule has 3 atom stereocenters. The minimum atomic E-state index is -0.382. The largest absolute Gasteiger partial charge is 0.343 e. The van der Waals surface area contributed by atoms with Crippen LogP contribution in [0.4, 0.5) is 0 Å². The van der Waals surface area contributed by atoms with E-state index in [0.717, 1.165) is 6.54 Å². The first kappa shape index (κ1) is 10.4. The van der Waals surface area contributed by atoms with Crippen LogP contribution in [0.5, 0.6) is 0 Å². The summed E-state index contributed by atoms with van der Waals surface area (Å²) >= 11 is 0. The van der Waals surface area contributed by atoms with Gasteiger partial charge >= 0.3 is 0 Å². The number of hydrogen-bond donors (Lipinski definition) is 1. The normalized spacial score (nSPS) is 40.5. The van der Waals surface area contributed by atoms with Gasteiger partial charge in [0.05, 0.1) is 0 Å². The van der Waals surface area contributed by atoms with Crippen molar-refractivity contribution in [1.29, 1.82) is 0 Å². The fraction of sp³-hybridized carbons (Fsp3) is 1.00. The summed E-state index contributed by atoms with van der Waals surface area (Å²) in [6.45, 7) is 9.42. The summed E-state index contributed by atoms with van der Waals surface area (Å²) in [5, 5.41) is 3.48. The Balaban J connectivity index is 1.98. The van der Waals surface area contributed by atoms with E-state index in [1.165, 1.54) is 6.42 Å². The molecule has 1 N–H and O–H groups in total. The number of nitrogens with one attached hydrogen (secondary N) is 1. The molecule has 2 fully saturated rings. The Morgan fingerprint density at radius 1 is 1.36 bits per heavy atom. The maximum absolute atomic E-state index is 5.90. The summed E-state index contributed by atoms with van der Waals surface area (Å²) in [4.78, 5) is 0.